The minimum atomic E-state index is -4.42. The van der Waals surface area contributed by atoms with Crippen molar-refractivity contribution in [1.29, 1.82) is 0 Å². The van der Waals surface area contributed by atoms with Crippen LogP contribution in [0, 0.1) is 0 Å². The van der Waals surface area contributed by atoms with Gasteiger partial charge in [0.05, 0.1) is 0 Å². The molecule has 0 atom stereocenters. The first-order valence-electron chi connectivity index (χ1n) is 2.21. The number of hydrogen-bond acceptors (Lipinski definition) is 9. The van der Waals surface area contributed by atoms with E-state index in [2.05, 4.69) is 15.4 Å². The Morgan fingerprint density at radius 2 is 0.562 bits per heavy atom. The van der Waals surface area contributed by atoms with Gasteiger partial charge in [0.2, 0.25) is 0 Å². The second-order valence-corrected chi connectivity index (χ2v) is 4.44. The maximum absolute atomic E-state index is 8.85. The van der Waals surface area contributed by atoms with Crippen molar-refractivity contribution < 1.29 is 58.4 Å². The quantitative estimate of drug-likeness (QED) is 0.265. The molecule has 0 aromatic rings. The summed E-state index contributed by atoms with van der Waals surface area (Å²) in [7, 11) is -13.2. The normalized spacial score (nSPS) is 10.9. The summed E-state index contributed by atoms with van der Waals surface area (Å²) in [5.41, 5.74) is 0. The first-order valence-corrected chi connectivity index (χ1v) is 6.62. The van der Waals surface area contributed by atoms with E-state index in [0.717, 1.165) is 0 Å². The molecule has 1 radical (unpaired) electrons. The number of rotatable bonds is 0. The van der Waals surface area contributed by atoms with Crippen LogP contribution in [0.5, 0.6) is 0 Å². The molecule has 0 heterocycles. The molecule has 0 bridgehead atoms. The molecule has 0 aromatic carbocycles. The van der Waals surface area contributed by atoms with Crippen LogP contribution in [-0.2, 0) is 50.4 Å². The summed E-state index contributed by atoms with van der Waals surface area (Å²) < 4.78 is 79.7. The number of nitrogens with two attached hydrogens (primary N) is 3. The molecule has 0 amide bonds. The van der Waals surface area contributed by atoms with Crippen LogP contribution in [0.2, 0.25) is 0 Å². The van der Waals surface area contributed by atoms with Crippen LogP contribution in [0.15, 0.2) is 0 Å². The SMILES string of the molecule is NS(=O)(=O)[O-].NS(=O)(=O)[O-].NS(=O)(=O)[O-].[Ru+3]. The Labute approximate surface area is 105 Å². The van der Waals surface area contributed by atoms with E-state index in [4.69, 9.17) is 38.9 Å². The second-order valence-electron chi connectivity index (χ2n) is 1.48. The maximum atomic E-state index is 8.85. The van der Waals surface area contributed by atoms with Crippen LogP contribution in [0.3, 0.4) is 0 Å². The smallest absolute Gasteiger partial charge is 0.736 e. The van der Waals surface area contributed by atoms with E-state index in [1.54, 1.807) is 0 Å². The molecule has 16 heavy (non-hydrogen) atoms. The van der Waals surface area contributed by atoms with Gasteiger partial charge < -0.3 is 13.7 Å². The van der Waals surface area contributed by atoms with E-state index in [9.17, 15) is 0 Å². The third-order valence-electron chi connectivity index (χ3n) is 0. The minimum absolute atomic E-state index is 0. The van der Waals surface area contributed by atoms with E-state index in [1.165, 1.54) is 0 Å². The molecular weight excluding hydrogens is 383 g/mol. The van der Waals surface area contributed by atoms with Crippen molar-refractivity contribution in [2.24, 2.45) is 15.4 Å². The summed E-state index contributed by atoms with van der Waals surface area (Å²) in [6.07, 6.45) is 0. The molecule has 0 saturated heterocycles. The first-order chi connectivity index (χ1) is 6.00. The average molecular weight is 389 g/mol. The molecular formula is H6N3O9RuS3. The zero-order chi connectivity index (χ0) is 13.5. The Morgan fingerprint density at radius 1 is 0.562 bits per heavy atom. The minimum Gasteiger partial charge on any atom is -0.736 e. The van der Waals surface area contributed by atoms with Crippen LogP contribution in [0.4, 0.5) is 0 Å². The van der Waals surface area contributed by atoms with Gasteiger partial charge in [-0.3, -0.25) is 0 Å². The predicted molar refractivity (Wildman–Crippen MR) is 41.7 cm³/mol. The topological polar surface area (TPSA) is 250 Å². The van der Waals surface area contributed by atoms with Crippen molar-refractivity contribution in [1.82, 2.24) is 0 Å². The summed E-state index contributed by atoms with van der Waals surface area (Å²) >= 11 is 0. The molecule has 0 unspecified atom stereocenters. The van der Waals surface area contributed by atoms with E-state index in [1.807, 2.05) is 0 Å². The Morgan fingerprint density at radius 3 is 0.562 bits per heavy atom. The van der Waals surface area contributed by atoms with E-state index >= 15 is 0 Å². The van der Waals surface area contributed by atoms with Crippen molar-refractivity contribution in [2.45, 2.75) is 0 Å². The molecule has 0 spiro atoms. The number of hydrogen-bond donors (Lipinski definition) is 3. The van der Waals surface area contributed by atoms with Gasteiger partial charge in [0, 0.05) is 0 Å². The van der Waals surface area contributed by atoms with Gasteiger partial charge in [0.15, 0.2) is 30.9 Å². The van der Waals surface area contributed by atoms with Gasteiger partial charge >= 0.3 is 19.5 Å². The van der Waals surface area contributed by atoms with Gasteiger partial charge in [-0.2, -0.15) is 0 Å². The van der Waals surface area contributed by atoms with Crippen LogP contribution >= 0.6 is 0 Å². The van der Waals surface area contributed by atoms with Gasteiger partial charge in [-0.1, -0.05) is 0 Å². The third kappa shape index (κ3) is 45800. The molecule has 0 fully saturated rings. The van der Waals surface area contributed by atoms with Crippen molar-refractivity contribution in [3.05, 3.63) is 0 Å². The summed E-state index contributed by atoms with van der Waals surface area (Å²) in [4.78, 5) is 0. The molecule has 0 rings (SSSR count). The fraction of sp³-hybridized carbons (Fsp3) is 0. The Bertz CT molecular complexity index is 347. The van der Waals surface area contributed by atoms with E-state index < -0.39 is 30.9 Å². The van der Waals surface area contributed by atoms with Crippen LogP contribution in [0.1, 0.15) is 0 Å². The van der Waals surface area contributed by atoms with Crippen molar-refractivity contribution in [2.75, 3.05) is 0 Å². The zero-order valence-electron chi connectivity index (χ0n) is 6.98. The van der Waals surface area contributed by atoms with Gasteiger partial charge in [-0.15, -0.1) is 0 Å². The average Bonchev–Trinajstić information content (AvgIpc) is 1.41. The summed E-state index contributed by atoms with van der Waals surface area (Å²) in [6, 6.07) is 0. The van der Waals surface area contributed by atoms with Crippen LogP contribution in [-0.4, -0.2) is 38.9 Å². The summed E-state index contributed by atoms with van der Waals surface area (Å²) in [5, 5.41) is 11.3. The van der Waals surface area contributed by atoms with Gasteiger partial charge in [0.25, 0.3) is 0 Å². The van der Waals surface area contributed by atoms with Crippen molar-refractivity contribution in [3.63, 3.8) is 0 Å². The van der Waals surface area contributed by atoms with Gasteiger partial charge in [0.1, 0.15) is 0 Å². The fourth-order valence-electron chi connectivity index (χ4n) is 0. The van der Waals surface area contributed by atoms with E-state index in [0.29, 0.717) is 0 Å². The Kier molecular flexibility index (Phi) is 14.6. The van der Waals surface area contributed by atoms with Gasteiger partial charge in [-0.25, -0.2) is 40.7 Å². The molecule has 12 nitrogen and oxygen atoms in total. The first kappa shape index (κ1) is 25.2. The monoisotopic (exact) mass is 390 g/mol. The zero-order valence-corrected chi connectivity index (χ0v) is 11.2. The molecule has 0 aliphatic heterocycles. The molecule has 0 aromatic heterocycles. The molecule has 6 N–H and O–H groups in total. The standard InChI is InChI=1S/3H3NO3S.Ru/c3*1-5(2,3)4;/h3*(H3,1,2,3,4);/q;;;+3/p-3. The molecule has 0 aliphatic carbocycles. The van der Waals surface area contributed by atoms with Crippen LogP contribution in [0.25, 0.3) is 0 Å². The second kappa shape index (κ2) is 9.28. The van der Waals surface area contributed by atoms with E-state index in [-0.39, 0.29) is 19.5 Å². The maximum Gasteiger partial charge on any atom is 3.00 e. The predicted octanol–water partition coefficient (Wildman–Crippen LogP) is -4.79. The molecule has 16 heteroatoms. The van der Waals surface area contributed by atoms with Crippen molar-refractivity contribution in [3.8, 4) is 0 Å². The summed E-state index contributed by atoms with van der Waals surface area (Å²) in [6.45, 7) is 0. The third-order valence-corrected chi connectivity index (χ3v) is 0. The van der Waals surface area contributed by atoms with Crippen LogP contribution < -0.4 is 15.4 Å². The Balaban J connectivity index is -0.0000000655. The van der Waals surface area contributed by atoms with Gasteiger partial charge in [-0.05, 0) is 0 Å². The summed E-state index contributed by atoms with van der Waals surface area (Å²) in [5.74, 6) is 0. The molecule has 101 valence electrons. The fourth-order valence-corrected chi connectivity index (χ4v) is 0. The largest absolute Gasteiger partial charge is 3.00 e. The van der Waals surface area contributed by atoms with Crippen molar-refractivity contribution >= 4 is 30.9 Å². The molecule has 0 aliphatic rings. The Hall–Kier alpha value is 0.233. The molecule has 0 saturated carbocycles.